The fourth-order valence-electron chi connectivity index (χ4n) is 1.69. The minimum atomic E-state index is -1.11. The zero-order valence-corrected chi connectivity index (χ0v) is 11.3. The largest absolute Gasteiger partial charge is 0.480 e. The number of aromatic nitrogens is 2. The summed E-state index contributed by atoms with van der Waals surface area (Å²) in [4.78, 5) is 31.2. The fraction of sp³-hybridized carbons (Fsp3) is 0.462. The smallest absolute Gasteiger partial charge is 0.326 e. The number of urea groups is 1. The molecule has 7 heteroatoms. The maximum atomic E-state index is 12.0. The Kier molecular flexibility index (Phi) is 6.10. The van der Waals surface area contributed by atoms with Gasteiger partial charge in [-0.2, -0.15) is 0 Å². The second-order valence-corrected chi connectivity index (χ2v) is 4.25. The molecule has 0 aliphatic rings. The van der Waals surface area contributed by atoms with Crippen molar-refractivity contribution < 1.29 is 14.7 Å². The van der Waals surface area contributed by atoms with Gasteiger partial charge in [-0.1, -0.05) is 12.8 Å². The molecule has 7 nitrogen and oxygen atoms in total. The lowest BCUT2D eigenvalue weighted by Crippen LogP contribution is -2.49. The lowest BCUT2D eigenvalue weighted by molar-refractivity contribution is -0.139. The summed E-state index contributed by atoms with van der Waals surface area (Å²) in [5.74, 6) is 1.28. The van der Waals surface area contributed by atoms with E-state index in [4.69, 9.17) is 11.5 Å². The summed E-state index contributed by atoms with van der Waals surface area (Å²) >= 11 is 0. The number of carboxylic acid groups (broad SMARTS) is 1. The molecule has 0 fully saturated rings. The van der Waals surface area contributed by atoms with E-state index in [2.05, 4.69) is 21.2 Å². The van der Waals surface area contributed by atoms with E-state index in [1.54, 1.807) is 0 Å². The summed E-state index contributed by atoms with van der Waals surface area (Å²) in [6, 6.07) is -1.50. The molecule has 1 aromatic heterocycles. The second-order valence-electron chi connectivity index (χ2n) is 4.25. The van der Waals surface area contributed by atoms with Crippen LogP contribution in [0.2, 0.25) is 0 Å². The molecular formula is C13H18N4O3. The summed E-state index contributed by atoms with van der Waals surface area (Å²) in [5.41, 5.74) is 0.636. The number of aliphatic carboxylic acids is 1. The molecule has 0 aromatic carbocycles. The molecule has 1 atom stereocenters. The number of carbonyl (C=O) groups is 2. The Hall–Kier alpha value is -2.49. The van der Waals surface area contributed by atoms with Crippen LogP contribution < -0.4 is 5.32 Å². The normalized spacial score (nSPS) is 11.4. The number of nitrogens with zero attached hydrogens (tertiary/aromatic N) is 2. The Bertz CT molecular complexity index is 478. The highest BCUT2D eigenvalue weighted by Gasteiger charge is 2.23. The van der Waals surface area contributed by atoms with Crippen LogP contribution in [0.4, 0.5) is 4.79 Å². The molecule has 0 spiro atoms. The third-order valence-electron chi connectivity index (χ3n) is 2.64. The lowest BCUT2D eigenvalue weighted by atomic mass is 10.1. The van der Waals surface area contributed by atoms with Gasteiger partial charge in [-0.05, 0) is 6.42 Å². The van der Waals surface area contributed by atoms with Crippen molar-refractivity contribution in [3.63, 3.8) is 0 Å². The van der Waals surface area contributed by atoms with Gasteiger partial charge in [-0.3, -0.25) is 0 Å². The van der Waals surface area contributed by atoms with E-state index in [9.17, 15) is 9.59 Å². The third-order valence-corrected chi connectivity index (χ3v) is 2.64. The van der Waals surface area contributed by atoms with Crippen LogP contribution >= 0.6 is 0 Å². The summed E-state index contributed by atoms with van der Waals surface area (Å²) in [5, 5.41) is 11.6. The monoisotopic (exact) mass is 278 g/mol. The van der Waals surface area contributed by atoms with Gasteiger partial charge in [0.25, 0.3) is 0 Å². The molecule has 0 aliphatic heterocycles. The van der Waals surface area contributed by atoms with Crippen molar-refractivity contribution in [3.8, 4) is 12.3 Å². The van der Waals surface area contributed by atoms with Gasteiger partial charge in [0.05, 0.1) is 12.9 Å². The van der Waals surface area contributed by atoms with E-state index in [1.807, 2.05) is 6.92 Å². The number of rotatable bonds is 7. The number of hydrogen-bond donors (Lipinski definition) is 3. The molecule has 0 saturated heterocycles. The minimum absolute atomic E-state index is 0.136. The Balaban J connectivity index is 2.67. The maximum Gasteiger partial charge on any atom is 0.326 e. The van der Waals surface area contributed by atoms with Gasteiger partial charge in [-0.15, -0.1) is 6.42 Å². The van der Waals surface area contributed by atoms with Crippen LogP contribution in [-0.4, -0.2) is 51.1 Å². The lowest BCUT2D eigenvalue weighted by Gasteiger charge is -2.22. The van der Waals surface area contributed by atoms with Crippen molar-refractivity contribution in [2.75, 3.05) is 13.1 Å². The van der Waals surface area contributed by atoms with Crippen LogP contribution in [0.25, 0.3) is 0 Å². The van der Waals surface area contributed by atoms with Gasteiger partial charge >= 0.3 is 12.0 Å². The number of carboxylic acids is 1. The number of terminal acetylenes is 1. The van der Waals surface area contributed by atoms with Crippen LogP contribution in [0.15, 0.2) is 12.5 Å². The van der Waals surface area contributed by atoms with Crippen molar-refractivity contribution in [1.29, 1.82) is 0 Å². The number of carbonyl (C=O) groups excluding carboxylic acids is 1. The molecule has 2 amide bonds. The van der Waals surface area contributed by atoms with E-state index in [1.165, 1.54) is 17.4 Å². The molecule has 1 rings (SSSR count). The van der Waals surface area contributed by atoms with Crippen LogP contribution in [0, 0.1) is 12.3 Å². The van der Waals surface area contributed by atoms with Gasteiger partial charge in [0.2, 0.25) is 0 Å². The van der Waals surface area contributed by atoms with E-state index < -0.39 is 18.0 Å². The molecule has 0 saturated carbocycles. The first-order valence-electron chi connectivity index (χ1n) is 6.27. The number of aromatic amines is 1. The van der Waals surface area contributed by atoms with Crippen LogP contribution in [0.1, 0.15) is 19.0 Å². The van der Waals surface area contributed by atoms with Crippen molar-refractivity contribution >= 4 is 12.0 Å². The van der Waals surface area contributed by atoms with E-state index >= 15 is 0 Å². The van der Waals surface area contributed by atoms with Crippen molar-refractivity contribution in [3.05, 3.63) is 18.2 Å². The number of hydrogen-bond acceptors (Lipinski definition) is 3. The second kappa shape index (κ2) is 7.84. The molecule has 0 aliphatic carbocycles. The van der Waals surface area contributed by atoms with E-state index in [0.717, 1.165) is 6.42 Å². The molecule has 1 aromatic rings. The number of imidazole rings is 1. The van der Waals surface area contributed by atoms with Crippen LogP contribution in [-0.2, 0) is 11.2 Å². The average Bonchev–Trinajstić information content (AvgIpc) is 2.90. The van der Waals surface area contributed by atoms with Crippen molar-refractivity contribution in [2.45, 2.75) is 25.8 Å². The molecule has 0 radical (unpaired) electrons. The van der Waals surface area contributed by atoms with Crippen LogP contribution in [0.5, 0.6) is 0 Å². The molecule has 108 valence electrons. The van der Waals surface area contributed by atoms with E-state index in [0.29, 0.717) is 12.2 Å². The molecule has 3 N–H and O–H groups in total. The van der Waals surface area contributed by atoms with Gasteiger partial charge in [0.1, 0.15) is 6.04 Å². The van der Waals surface area contributed by atoms with Crippen LogP contribution in [0.3, 0.4) is 0 Å². The number of nitrogens with one attached hydrogen (secondary N) is 2. The van der Waals surface area contributed by atoms with Gasteiger partial charge < -0.3 is 20.3 Å². The molecular weight excluding hydrogens is 260 g/mol. The quantitative estimate of drug-likeness (QED) is 0.631. The highest BCUT2D eigenvalue weighted by molar-refractivity contribution is 5.82. The van der Waals surface area contributed by atoms with E-state index in [-0.39, 0.29) is 13.0 Å². The zero-order valence-electron chi connectivity index (χ0n) is 11.3. The highest BCUT2D eigenvalue weighted by Crippen LogP contribution is 2.01. The topological polar surface area (TPSA) is 98.3 Å². The molecule has 0 unspecified atom stereocenters. The van der Waals surface area contributed by atoms with Gasteiger partial charge in [0.15, 0.2) is 0 Å². The predicted molar refractivity (Wildman–Crippen MR) is 72.9 cm³/mol. The van der Waals surface area contributed by atoms with Crippen molar-refractivity contribution in [1.82, 2.24) is 20.2 Å². The fourth-order valence-corrected chi connectivity index (χ4v) is 1.69. The molecule has 0 bridgehead atoms. The Morgan fingerprint density at radius 3 is 2.90 bits per heavy atom. The molecule has 1 heterocycles. The minimum Gasteiger partial charge on any atom is -0.480 e. The predicted octanol–water partition coefficient (Wildman–Crippen LogP) is 0.460. The Labute approximate surface area is 117 Å². The summed E-state index contributed by atoms with van der Waals surface area (Å²) in [6.07, 6.45) is 9.05. The van der Waals surface area contributed by atoms with Gasteiger partial charge in [-0.25, -0.2) is 14.6 Å². The highest BCUT2D eigenvalue weighted by atomic mass is 16.4. The summed E-state index contributed by atoms with van der Waals surface area (Å²) in [7, 11) is 0. The number of H-pyrrole nitrogens is 1. The standard InChI is InChI=1S/C13H18N4O3/c1-3-5-17(6-4-2)13(20)16-11(12(18)19)7-10-8-14-9-15-10/h1,8-9,11H,4-7H2,2H3,(H,14,15)(H,16,20)(H,18,19)/t11-/m0/s1. The summed E-state index contributed by atoms with van der Waals surface area (Å²) in [6.45, 7) is 2.54. The first-order valence-corrected chi connectivity index (χ1v) is 6.27. The number of amides is 2. The first-order chi connectivity index (χ1) is 9.58. The maximum absolute atomic E-state index is 12.0. The average molecular weight is 278 g/mol. The Morgan fingerprint density at radius 2 is 2.40 bits per heavy atom. The third kappa shape index (κ3) is 4.65. The molecule has 20 heavy (non-hydrogen) atoms. The zero-order chi connectivity index (χ0) is 15.0. The van der Waals surface area contributed by atoms with Gasteiger partial charge in [0, 0.05) is 24.9 Å². The SMILES string of the molecule is C#CCN(CCC)C(=O)N[C@@H](Cc1cnc[nH]1)C(=O)O. The summed E-state index contributed by atoms with van der Waals surface area (Å²) < 4.78 is 0. The van der Waals surface area contributed by atoms with Crippen molar-refractivity contribution in [2.24, 2.45) is 0 Å². The Morgan fingerprint density at radius 1 is 1.65 bits per heavy atom. The first kappa shape index (κ1) is 15.6.